The number of piperidine rings is 1. The highest BCUT2D eigenvalue weighted by atomic mass is 32.2. The van der Waals surface area contributed by atoms with E-state index >= 15 is 4.39 Å². The minimum atomic E-state index is -0.305. The molecule has 0 amide bonds. The lowest BCUT2D eigenvalue weighted by Gasteiger charge is -2.29. The summed E-state index contributed by atoms with van der Waals surface area (Å²) in [6.45, 7) is 10.8. The predicted octanol–water partition coefficient (Wildman–Crippen LogP) is 8.73. The monoisotopic (exact) mass is 590 g/mol. The summed E-state index contributed by atoms with van der Waals surface area (Å²) in [7, 11) is 2.19. The van der Waals surface area contributed by atoms with Gasteiger partial charge < -0.3 is 14.9 Å². The highest BCUT2D eigenvalue weighted by Crippen LogP contribution is 2.42. The number of hydrogen-bond donors (Lipinski definition) is 2. The van der Waals surface area contributed by atoms with Gasteiger partial charge in [0.15, 0.2) is 5.82 Å². The SMILES string of the molecule is CCCSNc1cccc(-c2nc(C(C)(C)C)sc2-c2ccnc(Nc3ccc(C4CCN(C)CC4)cc3)n2)c1F. The zero-order chi connectivity index (χ0) is 29.0. The van der Waals surface area contributed by atoms with E-state index < -0.39 is 0 Å². The quantitative estimate of drug-likeness (QED) is 0.149. The molecule has 0 bridgehead atoms. The summed E-state index contributed by atoms with van der Waals surface area (Å²) in [5.41, 5.74) is 4.38. The highest BCUT2D eigenvalue weighted by Gasteiger charge is 2.26. The minimum Gasteiger partial charge on any atom is -0.327 e. The van der Waals surface area contributed by atoms with Gasteiger partial charge in [0.2, 0.25) is 5.95 Å². The summed E-state index contributed by atoms with van der Waals surface area (Å²) >= 11 is 3.07. The van der Waals surface area contributed by atoms with Gasteiger partial charge in [-0.25, -0.2) is 19.3 Å². The van der Waals surface area contributed by atoms with Crippen LogP contribution in [0.4, 0.5) is 21.7 Å². The van der Waals surface area contributed by atoms with Crippen LogP contribution in [0, 0.1) is 5.82 Å². The van der Waals surface area contributed by atoms with Crippen molar-refractivity contribution in [2.24, 2.45) is 0 Å². The number of nitrogens with zero attached hydrogens (tertiary/aromatic N) is 4. The Hall–Kier alpha value is -3.01. The molecule has 6 nitrogen and oxygen atoms in total. The van der Waals surface area contributed by atoms with Gasteiger partial charge in [0.05, 0.1) is 27.0 Å². The molecule has 2 aromatic heterocycles. The Morgan fingerprint density at radius 2 is 1.80 bits per heavy atom. The standard InChI is InChI=1S/C32H39FN6S2/c1-6-20-40-38-25-9-7-8-24(27(25)33)28-29(41-30(37-28)32(2,3)4)26-14-17-34-31(36-26)35-23-12-10-21(11-13-23)22-15-18-39(5)19-16-22/h7-14,17,22,38H,6,15-16,18-20H2,1-5H3,(H,34,35,36). The van der Waals surface area contributed by atoms with Crippen molar-refractivity contribution in [1.29, 1.82) is 0 Å². The first-order valence-electron chi connectivity index (χ1n) is 14.3. The van der Waals surface area contributed by atoms with Crippen molar-refractivity contribution in [3.8, 4) is 21.8 Å². The lowest BCUT2D eigenvalue weighted by molar-refractivity contribution is 0.255. The maximum absolute atomic E-state index is 15.8. The summed E-state index contributed by atoms with van der Waals surface area (Å²) in [4.78, 5) is 17.5. The van der Waals surface area contributed by atoms with Crippen molar-refractivity contribution < 1.29 is 4.39 Å². The number of aromatic nitrogens is 3. The third-order valence-electron chi connectivity index (χ3n) is 7.26. The van der Waals surface area contributed by atoms with E-state index in [0.29, 0.717) is 34.5 Å². The van der Waals surface area contributed by atoms with Gasteiger partial charge >= 0.3 is 0 Å². The molecule has 1 fully saturated rings. The molecule has 0 atom stereocenters. The molecule has 5 rings (SSSR count). The van der Waals surface area contributed by atoms with Crippen LogP contribution in [0.25, 0.3) is 21.8 Å². The van der Waals surface area contributed by atoms with Crippen LogP contribution in [-0.4, -0.2) is 45.7 Å². The molecule has 3 heterocycles. The normalized spacial score (nSPS) is 14.8. The molecule has 0 spiro atoms. The fourth-order valence-corrected chi connectivity index (χ4v) is 6.60. The Kier molecular flexibility index (Phi) is 9.26. The van der Waals surface area contributed by atoms with Crippen LogP contribution in [0.2, 0.25) is 0 Å². The summed E-state index contributed by atoms with van der Waals surface area (Å²) in [6, 6.07) is 15.9. The molecule has 1 aliphatic rings. The van der Waals surface area contributed by atoms with Crippen LogP contribution >= 0.6 is 23.3 Å². The Morgan fingerprint density at radius 1 is 1.05 bits per heavy atom. The lowest BCUT2D eigenvalue weighted by atomic mass is 9.89. The predicted molar refractivity (Wildman–Crippen MR) is 173 cm³/mol. The third-order valence-corrected chi connectivity index (χ3v) is 9.74. The Morgan fingerprint density at radius 3 is 2.51 bits per heavy atom. The van der Waals surface area contributed by atoms with Crippen LogP contribution in [0.3, 0.4) is 0 Å². The van der Waals surface area contributed by atoms with Crippen molar-refractivity contribution >= 4 is 40.6 Å². The molecular weight excluding hydrogens is 552 g/mol. The van der Waals surface area contributed by atoms with Crippen LogP contribution in [0.15, 0.2) is 54.7 Å². The smallest absolute Gasteiger partial charge is 0.227 e. The Labute approximate surface area is 251 Å². The molecule has 9 heteroatoms. The van der Waals surface area contributed by atoms with Crippen LogP contribution in [0.5, 0.6) is 0 Å². The summed E-state index contributed by atoms with van der Waals surface area (Å²) in [6.07, 6.45) is 5.14. The maximum Gasteiger partial charge on any atom is 0.227 e. The highest BCUT2D eigenvalue weighted by molar-refractivity contribution is 8.00. The fourth-order valence-electron chi connectivity index (χ4n) is 4.88. The number of thiazole rings is 1. The molecule has 0 saturated carbocycles. The van der Waals surface area contributed by atoms with Gasteiger partial charge in [0, 0.05) is 28.6 Å². The van der Waals surface area contributed by atoms with Gasteiger partial charge in [0.25, 0.3) is 0 Å². The molecule has 2 N–H and O–H groups in total. The number of rotatable bonds is 9. The van der Waals surface area contributed by atoms with Gasteiger partial charge in [-0.1, -0.05) is 57.8 Å². The van der Waals surface area contributed by atoms with Crippen LogP contribution in [-0.2, 0) is 5.41 Å². The van der Waals surface area contributed by atoms with E-state index in [-0.39, 0.29) is 11.2 Å². The van der Waals surface area contributed by atoms with Crippen LogP contribution in [0.1, 0.15) is 63.4 Å². The van der Waals surface area contributed by atoms with E-state index in [4.69, 9.17) is 9.97 Å². The molecule has 4 aromatic rings. The number of likely N-dealkylation sites (tertiary alicyclic amines) is 1. The van der Waals surface area contributed by atoms with Gasteiger partial charge in [-0.05, 0) is 81.2 Å². The second-order valence-electron chi connectivity index (χ2n) is 11.7. The summed E-state index contributed by atoms with van der Waals surface area (Å²) < 4.78 is 18.9. The first-order valence-corrected chi connectivity index (χ1v) is 16.1. The Bertz CT molecular complexity index is 1460. The largest absolute Gasteiger partial charge is 0.327 e. The van der Waals surface area contributed by atoms with E-state index in [9.17, 15) is 0 Å². The third kappa shape index (κ3) is 7.08. The zero-order valence-corrected chi connectivity index (χ0v) is 26.1. The second-order valence-corrected chi connectivity index (χ2v) is 13.6. The summed E-state index contributed by atoms with van der Waals surface area (Å²) in [5, 5.41) is 4.29. The van der Waals surface area contributed by atoms with Crippen LogP contribution < -0.4 is 10.0 Å². The van der Waals surface area contributed by atoms with Crippen molar-refractivity contribution in [2.75, 3.05) is 35.9 Å². The van der Waals surface area contributed by atoms with Crippen molar-refractivity contribution in [3.63, 3.8) is 0 Å². The number of nitrogens with one attached hydrogen (secondary N) is 2. The Balaban J connectivity index is 1.43. The van der Waals surface area contributed by atoms with E-state index in [0.717, 1.165) is 40.8 Å². The molecule has 0 radical (unpaired) electrons. The minimum absolute atomic E-state index is 0.190. The van der Waals surface area contributed by atoms with E-state index in [1.165, 1.54) is 30.4 Å². The first kappa shape index (κ1) is 29.5. The fraction of sp³-hybridized carbons (Fsp3) is 0.406. The molecular formula is C32H39FN6S2. The molecule has 41 heavy (non-hydrogen) atoms. The van der Waals surface area contributed by atoms with Gasteiger partial charge in [0.1, 0.15) is 0 Å². The molecule has 0 unspecified atom stereocenters. The molecule has 1 saturated heterocycles. The van der Waals surface area contributed by atoms with Crippen molar-refractivity contribution in [3.05, 3.63) is 71.1 Å². The zero-order valence-electron chi connectivity index (χ0n) is 24.5. The topological polar surface area (TPSA) is 66.0 Å². The van der Waals surface area contributed by atoms with Gasteiger partial charge in [-0.3, -0.25) is 0 Å². The molecule has 216 valence electrons. The van der Waals surface area contributed by atoms with Gasteiger partial charge in [-0.2, -0.15) is 0 Å². The summed E-state index contributed by atoms with van der Waals surface area (Å²) in [5.74, 6) is 1.71. The van der Waals surface area contributed by atoms with Gasteiger partial charge in [-0.15, -0.1) is 11.3 Å². The molecule has 0 aliphatic carbocycles. The number of hydrogen-bond acceptors (Lipinski definition) is 8. The maximum atomic E-state index is 15.8. The van der Waals surface area contributed by atoms with E-state index in [1.807, 2.05) is 12.1 Å². The van der Waals surface area contributed by atoms with Crippen molar-refractivity contribution in [1.82, 2.24) is 19.9 Å². The number of benzene rings is 2. The first-order chi connectivity index (χ1) is 19.7. The average Bonchev–Trinajstić information content (AvgIpc) is 3.41. The average molecular weight is 591 g/mol. The lowest BCUT2D eigenvalue weighted by Crippen LogP contribution is -2.29. The molecule has 1 aliphatic heterocycles. The number of anilines is 3. The van der Waals surface area contributed by atoms with E-state index in [1.54, 1.807) is 29.7 Å². The van der Waals surface area contributed by atoms with Crippen molar-refractivity contribution in [2.45, 2.75) is 58.3 Å². The van der Waals surface area contributed by atoms with E-state index in [2.05, 4.69) is 78.9 Å². The second kappa shape index (κ2) is 12.9. The number of halogens is 1. The molecule has 2 aromatic carbocycles.